The zero-order valence-corrected chi connectivity index (χ0v) is 17.3. The number of allylic oxidation sites excluding steroid dienone is 1. The van der Waals surface area contributed by atoms with E-state index in [1.54, 1.807) is 34.9 Å². The molecule has 0 saturated carbocycles. The molecule has 0 unspecified atom stereocenters. The number of rotatable bonds is 8. The van der Waals surface area contributed by atoms with Gasteiger partial charge in [0.25, 0.3) is 17.4 Å². The molecule has 8 heteroatoms. The minimum Gasteiger partial charge on any atom is -0.283 e. The third-order valence-corrected chi connectivity index (χ3v) is 6.68. The first-order valence-electron chi connectivity index (χ1n) is 9.28. The summed E-state index contributed by atoms with van der Waals surface area (Å²) >= 11 is 2.91. The molecule has 0 radical (unpaired) electrons. The first-order chi connectivity index (χ1) is 14.1. The number of hydrogen-bond donors (Lipinski definition) is 0. The summed E-state index contributed by atoms with van der Waals surface area (Å²) in [5.41, 5.74) is 1.63. The van der Waals surface area contributed by atoms with E-state index in [9.17, 15) is 14.4 Å². The molecular formula is C21H19N3O3S2. The molecule has 1 aromatic carbocycles. The van der Waals surface area contributed by atoms with Crippen LogP contribution >= 0.6 is 23.1 Å². The lowest BCUT2D eigenvalue weighted by Crippen LogP contribution is -2.30. The van der Waals surface area contributed by atoms with E-state index in [2.05, 4.69) is 11.6 Å². The lowest BCUT2D eigenvalue weighted by Gasteiger charge is -2.13. The average molecular weight is 426 g/mol. The van der Waals surface area contributed by atoms with Crippen molar-refractivity contribution in [2.24, 2.45) is 0 Å². The van der Waals surface area contributed by atoms with Crippen LogP contribution in [0.1, 0.15) is 33.6 Å². The van der Waals surface area contributed by atoms with Gasteiger partial charge in [-0.3, -0.25) is 23.9 Å². The van der Waals surface area contributed by atoms with Crippen molar-refractivity contribution < 1.29 is 9.59 Å². The number of hydrogen-bond acceptors (Lipinski definition) is 6. The van der Waals surface area contributed by atoms with Crippen molar-refractivity contribution >= 4 is 45.1 Å². The summed E-state index contributed by atoms with van der Waals surface area (Å²) in [5.74, 6) is 0.299. The highest BCUT2D eigenvalue weighted by molar-refractivity contribution is 7.99. The van der Waals surface area contributed by atoms with Gasteiger partial charge in [-0.05, 0) is 36.4 Å². The number of thiophene rings is 1. The summed E-state index contributed by atoms with van der Waals surface area (Å²) in [5, 5.41) is 2.54. The van der Waals surface area contributed by atoms with Crippen LogP contribution in [-0.2, 0) is 6.54 Å². The Kier molecular flexibility index (Phi) is 5.64. The number of carbonyl (C=O) groups excluding carboxylic acids is 2. The van der Waals surface area contributed by atoms with Crippen molar-refractivity contribution in [2.45, 2.75) is 24.5 Å². The van der Waals surface area contributed by atoms with Crippen molar-refractivity contribution in [3.63, 3.8) is 0 Å². The first-order valence-corrected chi connectivity index (χ1v) is 11.2. The maximum absolute atomic E-state index is 12.6. The van der Waals surface area contributed by atoms with Gasteiger partial charge >= 0.3 is 0 Å². The van der Waals surface area contributed by atoms with Gasteiger partial charge < -0.3 is 0 Å². The van der Waals surface area contributed by atoms with E-state index in [4.69, 9.17) is 0 Å². The maximum atomic E-state index is 12.6. The van der Waals surface area contributed by atoms with Gasteiger partial charge in [0.2, 0.25) is 0 Å². The van der Waals surface area contributed by atoms with Crippen LogP contribution in [0.15, 0.2) is 58.3 Å². The Morgan fingerprint density at radius 2 is 1.79 bits per heavy atom. The second kappa shape index (κ2) is 8.34. The number of unbranched alkanes of at least 4 members (excludes halogenated alkanes) is 1. The molecule has 0 spiro atoms. The Hall–Kier alpha value is -2.71. The van der Waals surface area contributed by atoms with Crippen LogP contribution in [0.25, 0.3) is 10.2 Å². The molecule has 1 aliphatic heterocycles. The lowest BCUT2D eigenvalue weighted by atomic mass is 10.1. The van der Waals surface area contributed by atoms with E-state index in [0.717, 1.165) is 12.2 Å². The predicted octanol–water partition coefficient (Wildman–Crippen LogP) is 3.81. The molecule has 3 aromatic rings. The van der Waals surface area contributed by atoms with Crippen LogP contribution in [0.5, 0.6) is 0 Å². The number of imide groups is 1. The second-order valence-corrected chi connectivity index (χ2v) is 8.58. The van der Waals surface area contributed by atoms with Crippen molar-refractivity contribution in [2.75, 3.05) is 12.3 Å². The number of benzene rings is 1. The fourth-order valence-corrected chi connectivity index (χ4v) is 5.09. The molecule has 2 amide bonds. The summed E-state index contributed by atoms with van der Waals surface area (Å²) in [4.78, 5) is 43.3. The Bertz CT molecular complexity index is 1130. The van der Waals surface area contributed by atoms with E-state index in [1.165, 1.54) is 28.0 Å². The third kappa shape index (κ3) is 3.65. The third-order valence-electron chi connectivity index (χ3n) is 4.73. The van der Waals surface area contributed by atoms with Crippen LogP contribution in [0.3, 0.4) is 0 Å². The summed E-state index contributed by atoms with van der Waals surface area (Å²) in [6.45, 7) is 4.53. The van der Waals surface area contributed by atoms with Gasteiger partial charge in [-0.15, -0.1) is 17.9 Å². The van der Waals surface area contributed by atoms with Crippen LogP contribution in [0, 0.1) is 0 Å². The summed E-state index contributed by atoms with van der Waals surface area (Å²) in [6, 6.07) is 8.77. The molecule has 1 aliphatic rings. The van der Waals surface area contributed by atoms with Crippen LogP contribution in [0.2, 0.25) is 0 Å². The quantitative estimate of drug-likeness (QED) is 0.180. The van der Waals surface area contributed by atoms with Crippen LogP contribution in [-0.4, -0.2) is 38.6 Å². The highest BCUT2D eigenvalue weighted by Gasteiger charge is 2.34. The molecule has 0 N–H and O–H groups in total. The minimum atomic E-state index is -0.220. The van der Waals surface area contributed by atoms with Gasteiger partial charge in [-0.2, -0.15) is 0 Å². The van der Waals surface area contributed by atoms with E-state index in [-0.39, 0.29) is 17.4 Å². The van der Waals surface area contributed by atoms with Gasteiger partial charge in [0.05, 0.1) is 16.6 Å². The van der Waals surface area contributed by atoms with Crippen molar-refractivity contribution in [3.8, 4) is 0 Å². The number of fused-ring (bicyclic) bond motifs is 2. The molecule has 0 fully saturated rings. The molecule has 2 aromatic heterocycles. The maximum Gasteiger partial charge on any atom is 0.272 e. The number of aromatic nitrogens is 2. The summed E-state index contributed by atoms with van der Waals surface area (Å²) < 4.78 is 2.29. The minimum absolute atomic E-state index is 0.0431. The topological polar surface area (TPSA) is 72.3 Å². The smallest absolute Gasteiger partial charge is 0.272 e. The van der Waals surface area contributed by atoms with E-state index in [0.29, 0.717) is 46.0 Å². The van der Waals surface area contributed by atoms with Crippen molar-refractivity contribution in [1.82, 2.24) is 14.5 Å². The fraction of sp³-hybridized carbons (Fsp3) is 0.238. The van der Waals surface area contributed by atoms with E-state index >= 15 is 0 Å². The molecule has 29 heavy (non-hydrogen) atoms. The zero-order valence-electron chi connectivity index (χ0n) is 15.7. The Labute approximate surface area is 175 Å². The molecule has 0 bridgehead atoms. The molecule has 0 aliphatic carbocycles. The van der Waals surface area contributed by atoms with Gasteiger partial charge in [0.15, 0.2) is 5.16 Å². The Balaban J connectivity index is 1.36. The first kappa shape index (κ1) is 19.6. The summed E-state index contributed by atoms with van der Waals surface area (Å²) in [6.07, 6.45) is 3.18. The Morgan fingerprint density at radius 1 is 1.07 bits per heavy atom. The van der Waals surface area contributed by atoms with E-state index < -0.39 is 0 Å². The van der Waals surface area contributed by atoms with Crippen LogP contribution in [0.4, 0.5) is 0 Å². The summed E-state index contributed by atoms with van der Waals surface area (Å²) in [7, 11) is 0. The van der Waals surface area contributed by atoms with Gasteiger partial charge in [-0.25, -0.2) is 4.98 Å². The lowest BCUT2D eigenvalue weighted by molar-refractivity contribution is 0.0652. The van der Waals surface area contributed by atoms with Gasteiger partial charge in [0.1, 0.15) is 4.70 Å². The van der Waals surface area contributed by atoms with Crippen molar-refractivity contribution in [3.05, 3.63) is 69.8 Å². The monoisotopic (exact) mass is 425 g/mol. The van der Waals surface area contributed by atoms with Crippen molar-refractivity contribution in [1.29, 1.82) is 0 Å². The second-order valence-electron chi connectivity index (χ2n) is 6.60. The highest BCUT2D eigenvalue weighted by Crippen LogP contribution is 2.24. The molecule has 4 rings (SSSR count). The number of carbonyl (C=O) groups is 2. The molecule has 6 nitrogen and oxygen atoms in total. The molecular weight excluding hydrogens is 406 g/mol. The normalized spacial score (nSPS) is 13.3. The fourth-order valence-electron chi connectivity index (χ4n) is 3.30. The largest absolute Gasteiger partial charge is 0.283 e. The molecule has 0 saturated heterocycles. The Morgan fingerprint density at radius 3 is 2.48 bits per heavy atom. The van der Waals surface area contributed by atoms with Gasteiger partial charge in [0, 0.05) is 18.8 Å². The zero-order chi connectivity index (χ0) is 20.4. The van der Waals surface area contributed by atoms with E-state index in [1.807, 2.05) is 11.4 Å². The number of nitrogens with zero attached hydrogens (tertiary/aromatic N) is 3. The standard InChI is InChI=1S/C21H19N3O3S2/c1-2-10-24-20(27)17-16(9-13-28-17)22-21(24)29-12-6-5-11-23-18(25)14-7-3-4-8-15(14)19(23)26/h2-4,7-9,13H,1,5-6,10-12H2. The highest BCUT2D eigenvalue weighted by atomic mass is 32.2. The van der Waals surface area contributed by atoms with Gasteiger partial charge in [-0.1, -0.05) is 30.0 Å². The number of thioether (sulfide) groups is 1. The van der Waals surface area contributed by atoms with Crippen LogP contribution < -0.4 is 5.56 Å². The SMILES string of the molecule is C=CCn1c(SCCCCN2C(=O)c3ccccc3C2=O)nc2ccsc2c1=O. The molecule has 3 heterocycles. The predicted molar refractivity (Wildman–Crippen MR) is 116 cm³/mol. The molecule has 0 atom stereocenters. The average Bonchev–Trinajstić information content (AvgIpc) is 3.29. The molecule has 148 valence electrons. The number of amides is 2.